The van der Waals surface area contributed by atoms with Gasteiger partial charge in [0.15, 0.2) is 0 Å². The van der Waals surface area contributed by atoms with E-state index in [1.807, 2.05) is 55.1 Å². The smallest absolute Gasteiger partial charge is 0.229 e. The van der Waals surface area contributed by atoms with Crippen molar-refractivity contribution in [1.29, 1.82) is 0 Å². The second-order valence-corrected chi connectivity index (χ2v) is 8.12. The molecule has 1 unspecified atom stereocenters. The number of benzene rings is 2. The highest BCUT2D eigenvalue weighted by molar-refractivity contribution is 5.94. The quantitative estimate of drug-likeness (QED) is 0.681. The average molecular weight is 389 g/mol. The van der Waals surface area contributed by atoms with Gasteiger partial charge < -0.3 is 15.2 Å². The van der Waals surface area contributed by atoms with E-state index < -0.39 is 0 Å². The number of hydrogen-bond donors (Lipinski definition) is 2. The van der Waals surface area contributed by atoms with Crippen LogP contribution in [0.5, 0.6) is 0 Å². The van der Waals surface area contributed by atoms with E-state index >= 15 is 0 Å². The minimum atomic E-state index is -0.164. The van der Waals surface area contributed by atoms with Crippen LogP contribution in [0, 0.1) is 11.8 Å². The Labute approximate surface area is 171 Å². The molecule has 4 rings (SSSR count). The molecule has 2 N–H and O–H groups in total. The van der Waals surface area contributed by atoms with E-state index in [0.29, 0.717) is 6.54 Å². The molecular weight excluding hydrogens is 362 g/mol. The van der Waals surface area contributed by atoms with Crippen molar-refractivity contribution in [2.24, 2.45) is 11.8 Å². The van der Waals surface area contributed by atoms with Crippen LogP contribution in [0.1, 0.15) is 26.7 Å². The van der Waals surface area contributed by atoms with Gasteiger partial charge in [0.1, 0.15) is 0 Å². The molecule has 2 aromatic carbocycles. The van der Waals surface area contributed by atoms with E-state index in [2.05, 4.69) is 28.5 Å². The van der Waals surface area contributed by atoms with Crippen molar-refractivity contribution in [2.75, 3.05) is 18.4 Å². The summed E-state index contributed by atoms with van der Waals surface area (Å²) >= 11 is 0. The van der Waals surface area contributed by atoms with Crippen LogP contribution in [0.3, 0.4) is 0 Å². The molecule has 1 fully saturated rings. The summed E-state index contributed by atoms with van der Waals surface area (Å²) < 4.78 is 0. The molecule has 1 aliphatic heterocycles. The fourth-order valence-corrected chi connectivity index (χ4v) is 3.99. The second-order valence-electron chi connectivity index (χ2n) is 8.12. The van der Waals surface area contributed by atoms with Crippen LogP contribution in [-0.2, 0) is 9.59 Å². The number of carbonyl (C=O) groups excluding carboxylic acids is 2. The number of aromatic amines is 1. The van der Waals surface area contributed by atoms with Gasteiger partial charge in [-0.1, -0.05) is 44.2 Å². The van der Waals surface area contributed by atoms with E-state index in [-0.39, 0.29) is 23.7 Å². The number of nitrogens with zero attached hydrogens (tertiary/aromatic N) is 1. The van der Waals surface area contributed by atoms with Gasteiger partial charge in [-0.25, -0.2) is 0 Å². The van der Waals surface area contributed by atoms with Gasteiger partial charge in [-0.05, 0) is 37.1 Å². The molecule has 3 aromatic rings. The van der Waals surface area contributed by atoms with Crippen LogP contribution in [0.4, 0.5) is 5.69 Å². The second kappa shape index (κ2) is 8.11. The Bertz CT molecular complexity index is 1000. The highest BCUT2D eigenvalue weighted by Gasteiger charge is 2.29. The number of rotatable bonds is 4. The van der Waals surface area contributed by atoms with Crippen molar-refractivity contribution in [3.05, 3.63) is 54.6 Å². The maximum Gasteiger partial charge on any atom is 0.229 e. The summed E-state index contributed by atoms with van der Waals surface area (Å²) in [5, 5.41) is 4.21. The van der Waals surface area contributed by atoms with Crippen LogP contribution in [-0.4, -0.2) is 34.8 Å². The van der Waals surface area contributed by atoms with Crippen molar-refractivity contribution in [3.63, 3.8) is 0 Å². The molecule has 1 aliphatic rings. The number of piperidine rings is 1. The van der Waals surface area contributed by atoms with Crippen molar-refractivity contribution in [1.82, 2.24) is 9.88 Å². The van der Waals surface area contributed by atoms with Crippen molar-refractivity contribution in [2.45, 2.75) is 26.7 Å². The zero-order valence-corrected chi connectivity index (χ0v) is 16.9. The maximum absolute atomic E-state index is 12.8. The van der Waals surface area contributed by atoms with Gasteiger partial charge in [0.25, 0.3) is 0 Å². The molecule has 2 amide bonds. The van der Waals surface area contributed by atoms with Gasteiger partial charge in [-0.3, -0.25) is 9.59 Å². The molecule has 1 aromatic heterocycles. The van der Waals surface area contributed by atoms with E-state index in [1.165, 1.54) is 0 Å². The van der Waals surface area contributed by atoms with E-state index in [0.717, 1.165) is 47.2 Å². The third-order valence-corrected chi connectivity index (χ3v) is 5.57. The van der Waals surface area contributed by atoms with Gasteiger partial charge in [0.05, 0.1) is 5.92 Å². The monoisotopic (exact) mass is 389 g/mol. The van der Waals surface area contributed by atoms with Crippen molar-refractivity contribution < 1.29 is 9.59 Å². The number of amides is 2. The Hall–Kier alpha value is -3.08. The predicted octanol–water partition coefficient (Wildman–Crippen LogP) is 4.67. The molecule has 5 heteroatoms. The van der Waals surface area contributed by atoms with Gasteiger partial charge in [-0.2, -0.15) is 0 Å². The zero-order chi connectivity index (χ0) is 20.4. The van der Waals surface area contributed by atoms with Gasteiger partial charge in [0, 0.05) is 46.9 Å². The van der Waals surface area contributed by atoms with Crippen molar-refractivity contribution in [3.8, 4) is 11.3 Å². The molecule has 0 radical (unpaired) electrons. The SMILES string of the molecule is CC(C)C(=O)N1CCCC(C(=O)Nc2cccc(-c3cc4ccccc4[nH]3)c2)C1. The molecular formula is C24H27N3O2. The lowest BCUT2D eigenvalue weighted by Crippen LogP contribution is -2.45. The summed E-state index contributed by atoms with van der Waals surface area (Å²) in [7, 11) is 0. The molecule has 0 bridgehead atoms. The van der Waals surface area contributed by atoms with Crippen LogP contribution in [0.25, 0.3) is 22.2 Å². The number of nitrogens with one attached hydrogen (secondary N) is 2. The third-order valence-electron chi connectivity index (χ3n) is 5.57. The Morgan fingerprint density at radius 1 is 1.10 bits per heavy atom. The number of hydrogen-bond acceptors (Lipinski definition) is 2. The molecule has 1 saturated heterocycles. The minimum absolute atomic E-state index is 0.0138. The van der Waals surface area contributed by atoms with Crippen molar-refractivity contribution >= 4 is 28.4 Å². The number of H-pyrrole nitrogens is 1. The standard InChI is InChI=1S/C24H27N3O2/c1-16(2)24(29)27-12-6-9-19(15-27)23(28)25-20-10-5-8-17(13-20)22-14-18-7-3-4-11-21(18)26-22/h3-5,7-8,10-11,13-14,16,19,26H,6,9,12,15H2,1-2H3,(H,25,28). The molecule has 0 aliphatic carbocycles. The molecule has 1 atom stereocenters. The first kappa shape index (κ1) is 19.2. The van der Waals surface area contributed by atoms with Crippen LogP contribution < -0.4 is 5.32 Å². The van der Waals surface area contributed by atoms with E-state index in [4.69, 9.17) is 0 Å². The summed E-state index contributed by atoms with van der Waals surface area (Å²) in [6.07, 6.45) is 1.68. The van der Waals surface area contributed by atoms with Gasteiger partial charge in [-0.15, -0.1) is 0 Å². The van der Waals surface area contributed by atoms with Crippen LogP contribution in [0.15, 0.2) is 54.6 Å². The zero-order valence-electron chi connectivity index (χ0n) is 16.9. The number of aromatic nitrogens is 1. The molecule has 0 spiro atoms. The van der Waals surface area contributed by atoms with Crippen LogP contribution in [0.2, 0.25) is 0 Å². The lowest BCUT2D eigenvalue weighted by atomic mass is 9.96. The lowest BCUT2D eigenvalue weighted by molar-refractivity contribution is -0.137. The largest absolute Gasteiger partial charge is 0.355 e. The Balaban J connectivity index is 1.47. The fourth-order valence-electron chi connectivity index (χ4n) is 3.99. The van der Waals surface area contributed by atoms with E-state index in [1.54, 1.807) is 0 Å². The summed E-state index contributed by atoms with van der Waals surface area (Å²) in [5.41, 5.74) is 3.92. The normalized spacial score (nSPS) is 16.9. The minimum Gasteiger partial charge on any atom is -0.355 e. The number of likely N-dealkylation sites (tertiary alicyclic amines) is 1. The highest BCUT2D eigenvalue weighted by atomic mass is 16.2. The predicted molar refractivity (Wildman–Crippen MR) is 117 cm³/mol. The first-order valence-electron chi connectivity index (χ1n) is 10.3. The Kier molecular flexibility index (Phi) is 5.38. The Morgan fingerprint density at radius 3 is 2.72 bits per heavy atom. The highest BCUT2D eigenvalue weighted by Crippen LogP contribution is 2.27. The summed E-state index contributed by atoms with van der Waals surface area (Å²) in [4.78, 5) is 30.4. The number of anilines is 1. The Morgan fingerprint density at radius 2 is 1.93 bits per heavy atom. The molecule has 5 nitrogen and oxygen atoms in total. The molecule has 29 heavy (non-hydrogen) atoms. The molecule has 2 heterocycles. The fraction of sp³-hybridized carbons (Fsp3) is 0.333. The van der Waals surface area contributed by atoms with Crippen LogP contribution >= 0.6 is 0 Å². The van der Waals surface area contributed by atoms with Gasteiger partial charge >= 0.3 is 0 Å². The molecule has 150 valence electrons. The number of para-hydroxylation sites is 1. The average Bonchev–Trinajstić information content (AvgIpc) is 3.18. The first-order chi connectivity index (χ1) is 14.0. The summed E-state index contributed by atoms with van der Waals surface area (Å²) in [6.45, 7) is 5.06. The lowest BCUT2D eigenvalue weighted by Gasteiger charge is -2.33. The van der Waals surface area contributed by atoms with Gasteiger partial charge in [0.2, 0.25) is 11.8 Å². The number of fused-ring (bicyclic) bond motifs is 1. The summed E-state index contributed by atoms with van der Waals surface area (Å²) in [5.74, 6) is -0.0867. The first-order valence-corrected chi connectivity index (χ1v) is 10.3. The maximum atomic E-state index is 12.8. The number of carbonyl (C=O) groups is 2. The molecule has 0 saturated carbocycles. The summed E-state index contributed by atoms with van der Waals surface area (Å²) in [6, 6.07) is 18.2. The topological polar surface area (TPSA) is 65.2 Å². The third kappa shape index (κ3) is 4.19. The van der Waals surface area contributed by atoms with E-state index in [9.17, 15) is 9.59 Å².